The third-order valence-corrected chi connectivity index (χ3v) is 3.17. The Labute approximate surface area is 113 Å². The minimum absolute atomic E-state index is 0.0774. The Bertz CT molecular complexity index is 400. The van der Waals surface area contributed by atoms with Crippen molar-refractivity contribution < 1.29 is 14.6 Å². The van der Waals surface area contributed by atoms with Gasteiger partial charge in [-0.25, -0.2) is 0 Å². The molecule has 1 aliphatic heterocycles. The summed E-state index contributed by atoms with van der Waals surface area (Å²) in [6.07, 6.45) is 0.0774. The first-order chi connectivity index (χ1) is 9.24. The normalized spacial score (nSPS) is 16.2. The quantitative estimate of drug-likeness (QED) is 0.804. The van der Waals surface area contributed by atoms with Crippen LogP contribution in [0.4, 0.5) is 5.69 Å². The standard InChI is InChI=1S/C14H20N2O3/c17-14(18)11-12-1-3-13(4-2-12)15-5-6-16-7-9-19-10-8-16/h1-4,15H,5-11H2,(H,17,18). The molecule has 5 heteroatoms. The minimum Gasteiger partial charge on any atom is -0.481 e. The van der Waals surface area contributed by atoms with Crippen LogP contribution < -0.4 is 5.32 Å². The third-order valence-electron chi connectivity index (χ3n) is 3.17. The van der Waals surface area contributed by atoms with Crippen LogP contribution in [0.1, 0.15) is 5.56 Å². The summed E-state index contributed by atoms with van der Waals surface area (Å²) in [4.78, 5) is 12.9. The van der Waals surface area contributed by atoms with Crippen molar-refractivity contribution in [3.8, 4) is 0 Å². The van der Waals surface area contributed by atoms with Crippen LogP contribution in [0, 0.1) is 0 Å². The highest BCUT2D eigenvalue weighted by Crippen LogP contribution is 2.10. The van der Waals surface area contributed by atoms with E-state index in [4.69, 9.17) is 9.84 Å². The summed E-state index contributed by atoms with van der Waals surface area (Å²) >= 11 is 0. The summed E-state index contributed by atoms with van der Waals surface area (Å²) in [5, 5.41) is 12.0. The molecule has 0 atom stereocenters. The van der Waals surface area contributed by atoms with Crippen LogP contribution in [-0.2, 0) is 16.0 Å². The molecule has 0 saturated carbocycles. The number of carbonyl (C=O) groups is 1. The van der Waals surface area contributed by atoms with Gasteiger partial charge in [-0.1, -0.05) is 12.1 Å². The van der Waals surface area contributed by atoms with Crippen molar-refractivity contribution in [2.45, 2.75) is 6.42 Å². The van der Waals surface area contributed by atoms with E-state index < -0.39 is 5.97 Å². The second-order valence-corrected chi connectivity index (χ2v) is 4.65. The number of benzene rings is 1. The van der Waals surface area contributed by atoms with Crippen molar-refractivity contribution in [1.82, 2.24) is 4.90 Å². The van der Waals surface area contributed by atoms with E-state index in [2.05, 4.69) is 10.2 Å². The third kappa shape index (κ3) is 4.89. The highest BCUT2D eigenvalue weighted by atomic mass is 16.5. The van der Waals surface area contributed by atoms with Crippen LogP contribution in [0.15, 0.2) is 24.3 Å². The number of nitrogens with zero attached hydrogens (tertiary/aromatic N) is 1. The van der Waals surface area contributed by atoms with Gasteiger partial charge in [-0.2, -0.15) is 0 Å². The van der Waals surface area contributed by atoms with Crippen molar-refractivity contribution >= 4 is 11.7 Å². The Hall–Kier alpha value is -1.59. The molecule has 0 aliphatic carbocycles. The van der Waals surface area contributed by atoms with Gasteiger partial charge in [-0.15, -0.1) is 0 Å². The Morgan fingerprint density at radius 2 is 1.95 bits per heavy atom. The van der Waals surface area contributed by atoms with Gasteiger partial charge in [0.25, 0.3) is 0 Å². The van der Waals surface area contributed by atoms with E-state index in [1.807, 2.05) is 24.3 Å². The zero-order valence-corrected chi connectivity index (χ0v) is 11.0. The first-order valence-electron chi connectivity index (χ1n) is 6.59. The van der Waals surface area contributed by atoms with Crippen LogP contribution in [0.25, 0.3) is 0 Å². The van der Waals surface area contributed by atoms with E-state index in [-0.39, 0.29) is 6.42 Å². The Morgan fingerprint density at radius 1 is 1.26 bits per heavy atom. The lowest BCUT2D eigenvalue weighted by Gasteiger charge is -2.26. The summed E-state index contributed by atoms with van der Waals surface area (Å²) in [7, 11) is 0. The van der Waals surface area contributed by atoms with Crippen LogP contribution in [0.5, 0.6) is 0 Å². The molecule has 0 aromatic heterocycles. The number of carboxylic acid groups (broad SMARTS) is 1. The largest absolute Gasteiger partial charge is 0.481 e. The molecule has 0 spiro atoms. The summed E-state index contributed by atoms with van der Waals surface area (Å²) in [5.74, 6) is -0.798. The van der Waals surface area contributed by atoms with Crippen molar-refractivity contribution in [3.05, 3.63) is 29.8 Å². The molecule has 0 amide bonds. The molecule has 0 bridgehead atoms. The van der Waals surface area contributed by atoms with Crippen molar-refractivity contribution in [3.63, 3.8) is 0 Å². The predicted octanol–water partition coefficient (Wildman–Crippen LogP) is 1.06. The second-order valence-electron chi connectivity index (χ2n) is 4.65. The van der Waals surface area contributed by atoms with E-state index in [1.165, 1.54) is 0 Å². The van der Waals surface area contributed by atoms with E-state index in [1.54, 1.807) is 0 Å². The first-order valence-corrected chi connectivity index (χ1v) is 6.59. The zero-order chi connectivity index (χ0) is 13.5. The average Bonchev–Trinajstić information content (AvgIpc) is 2.41. The number of ether oxygens (including phenoxy) is 1. The van der Waals surface area contributed by atoms with Gasteiger partial charge in [0.15, 0.2) is 0 Å². The number of anilines is 1. The fourth-order valence-corrected chi connectivity index (χ4v) is 2.10. The molecular weight excluding hydrogens is 244 g/mol. The zero-order valence-electron chi connectivity index (χ0n) is 11.0. The lowest BCUT2D eigenvalue weighted by atomic mass is 10.1. The van der Waals surface area contributed by atoms with Gasteiger partial charge in [0, 0.05) is 31.9 Å². The van der Waals surface area contributed by atoms with E-state index in [0.717, 1.165) is 50.6 Å². The van der Waals surface area contributed by atoms with Gasteiger partial charge in [0.05, 0.1) is 19.6 Å². The van der Waals surface area contributed by atoms with Crippen LogP contribution >= 0.6 is 0 Å². The maximum atomic E-state index is 10.6. The summed E-state index contributed by atoms with van der Waals surface area (Å²) < 4.78 is 5.30. The molecular formula is C14H20N2O3. The smallest absolute Gasteiger partial charge is 0.307 e. The average molecular weight is 264 g/mol. The fourth-order valence-electron chi connectivity index (χ4n) is 2.10. The number of morpholine rings is 1. The topological polar surface area (TPSA) is 61.8 Å². The Morgan fingerprint density at radius 3 is 2.58 bits per heavy atom. The summed E-state index contributed by atoms with van der Waals surface area (Å²) in [5.41, 5.74) is 1.86. The van der Waals surface area contributed by atoms with Crippen molar-refractivity contribution in [1.29, 1.82) is 0 Å². The van der Waals surface area contributed by atoms with Gasteiger partial charge < -0.3 is 15.2 Å². The summed E-state index contributed by atoms with van der Waals surface area (Å²) in [6, 6.07) is 7.56. The Balaban J connectivity index is 1.71. The second kappa shape index (κ2) is 7.11. The number of nitrogens with one attached hydrogen (secondary N) is 1. The lowest BCUT2D eigenvalue weighted by Crippen LogP contribution is -2.38. The number of rotatable bonds is 6. The lowest BCUT2D eigenvalue weighted by molar-refractivity contribution is -0.136. The maximum Gasteiger partial charge on any atom is 0.307 e. The van der Waals surface area contributed by atoms with E-state index in [9.17, 15) is 4.79 Å². The highest BCUT2D eigenvalue weighted by Gasteiger charge is 2.09. The van der Waals surface area contributed by atoms with Crippen LogP contribution in [0.2, 0.25) is 0 Å². The predicted molar refractivity (Wildman–Crippen MR) is 73.5 cm³/mol. The molecule has 2 rings (SSSR count). The first kappa shape index (κ1) is 13.8. The SMILES string of the molecule is O=C(O)Cc1ccc(NCCN2CCOCC2)cc1. The minimum atomic E-state index is -0.798. The molecule has 104 valence electrons. The number of hydrogen-bond donors (Lipinski definition) is 2. The van der Waals surface area contributed by atoms with Gasteiger partial charge in [0.2, 0.25) is 0 Å². The van der Waals surface area contributed by atoms with Crippen LogP contribution in [-0.4, -0.2) is 55.4 Å². The fraction of sp³-hybridized carbons (Fsp3) is 0.500. The molecule has 5 nitrogen and oxygen atoms in total. The summed E-state index contributed by atoms with van der Waals surface area (Å²) in [6.45, 7) is 5.53. The van der Waals surface area contributed by atoms with Crippen molar-refractivity contribution in [2.24, 2.45) is 0 Å². The van der Waals surface area contributed by atoms with E-state index >= 15 is 0 Å². The highest BCUT2D eigenvalue weighted by molar-refractivity contribution is 5.70. The molecule has 1 fully saturated rings. The molecule has 1 aliphatic rings. The van der Waals surface area contributed by atoms with Gasteiger partial charge in [0.1, 0.15) is 0 Å². The molecule has 1 saturated heterocycles. The molecule has 19 heavy (non-hydrogen) atoms. The molecule has 1 heterocycles. The van der Waals surface area contributed by atoms with Gasteiger partial charge >= 0.3 is 5.97 Å². The number of carboxylic acids is 1. The van der Waals surface area contributed by atoms with E-state index in [0.29, 0.717) is 0 Å². The van der Waals surface area contributed by atoms with Crippen molar-refractivity contribution in [2.75, 3.05) is 44.7 Å². The molecule has 0 radical (unpaired) electrons. The molecule has 2 N–H and O–H groups in total. The molecule has 0 unspecified atom stereocenters. The van der Waals surface area contributed by atoms with Crippen LogP contribution in [0.3, 0.4) is 0 Å². The van der Waals surface area contributed by atoms with Gasteiger partial charge in [-0.3, -0.25) is 9.69 Å². The maximum absolute atomic E-state index is 10.6. The monoisotopic (exact) mass is 264 g/mol. The number of hydrogen-bond acceptors (Lipinski definition) is 4. The molecule has 1 aromatic carbocycles. The number of aliphatic carboxylic acids is 1. The van der Waals surface area contributed by atoms with Gasteiger partial charge in [-0.05, 0) is 17.7 Å². The Kier molecular flexibility index (Phi) is 5.18. The molecule has 1 aromatic rings.